The van der Waals surface area contributed by atoms with Crippen molar-refractivity contribution in [3.8, 4) is 11.5 Å². The van der Waals surface area contributed by atoms with Crippen LogP contribution in [-0.4, -0.2) is 29.4 Å². The van der Waals surface area contributed by atoms with E-state index in [1.807, 2.05) is 12.1 Å². The molecule has 1 aliphatic rings. The number of ether oxygens (including phenoxy) is 2. The fraction of sp³-hybridized carbons (Fsp3) is 0.520. The second kappa shape index (κ2) is 11.0. The minimum absolute atomic E-state index is 0. The molecule has 1 atom stereocenters. The monoisotopic (exact) mass is 447 g/mol. The molecule has 1 aliphatic heterocycles. The average molecular weight is 448 g/mol. The summed E-state index contributed by atoms with van der Waals surface area (Å²) in [5.41, 5.74) is 1.23. The van der Waals surface area contributed by atoms with Gasteiger partial charge in [-0.3, -0.25) is 14.5 Å². The summed E-state index contributed by atoms with van der Waals surface area (Å²) in [6, 6.07) is 10.5. The van der Waals surface area contributed by atoms with Gasteiger partial charge in [0.05, 0.1) is 11.8 Å². The van der Waals surface area contributed by atoms with Crippen molar-refractivity contribution in [3.05, 3.63) is 35.9 Å². The lowest BCUT2D eigenvalue weighted by Crippen LogP contribution is -2.36. The average Bonchev–Trinajstić information content (AvgIpc) is 2.70. The Morgan fingerprint density at radius 2 is 1.52 bits per heavy atom. The van der Waals surface area contributed by atoms with Crippen molar-refractivity contribution < 1.29 is 19.1 Å². The van der Waals surface area contributed by atoms with Crippen molar-refractivity contribution >= 4 is 35.1 Å². The van der Waals surface area contributed by atoms with Crippen LogP contribution in [0.5, 0.6) is 11.5 Å². The van der Waals surface area contributed by atoms with Gasteiger partial charge in [-0.1, -0.05) is 46.2 Å². The van der Waals surface area contributed by atoms with E-state index in [9.17, 15) is 9.59 Å². The molecule has 0 aromatic heterocycles. The summed E-state index contributed by atoms with van der Waals surface area (Å²) in [7, 11) is 0. The van der Waals surface area contributed by atoms with Gasteiger partial charge in [-0.05, 0) is 60.8 Å². The molecule has 31 heavy (non-hydrogen) atoms. The van der Waals surface area contributed by atoms with Gasteiger partial charge in [-0.2, -0.15) is 0 Å². The molecule has 1 saturated heterocycles. The molecule has 0 saturated carbocycles. The Morgan fingerprint density at radius 3 is 2.06 bits per heavy atom. The van der Waals surface area contributed by atoms with Gasteiger partial charge in [0.25, 0.3) is 0 Å². The van der Waals surface area contributed by atoms with Crippen LogP contribution in [-0.2, 0) is 16.1 Å². The molecule has 2 aromatic rings. The van der Waals surface area contributed by atoms with Crippen LogP contribution in [0.4, 0.5) is 0 Å². The molecule has 0 N–H and O–H groups in total. The maximum atomic E-state index is 12.2. The number of piperidine rings is 1. The van der Waals surface area contributed by atoms with Gasteiger partial charge in [-0.15, -0.1) is 12.4 Å². The lowest BCUT2D eigenvalue weighted by Gasteiger charge is -2.33. The summed E-state index contributed by atoms with van der Waals surface area (Å²) in [5.74, 6) is -0.683. The van der Waals surface area contributed by atoms with Crippen molar-refractivity contribution in [2.24, 2.45) is 11.8 Å². The highest BCUT2D eigenvalue weighted by molar-refractivity contribution is 5.89. The first-order valence-corrected chi connectivity index (χ1v) is 11.0. The lowest BCUT2D eigenvalue weighted by atomic mass is 10.0. The Labute approximate surface area is 191 Å². The number of fused-ring (bicyclic) bond motifs is 1. The molecule has 2 aromatic carbocycles. The Hall–Kier alpha value is -2.11. The predicted octanol–water partition coefficient (Wildman–Crippen LogP) is 5.76. The Morgan fingerprint density at radius 1 is 0.935 bits per heavy atom. The van der Waals surface area contributed by atoms with E-state index in [1.54, 1.807) is 33.8 Å². The van der Waals surface area contributed by atoms with Crippen molar-refractivity contribution in [1.82, 2.24) is 4.90 Å². The fourth-order valence-electron chi connectivity index (χ4n) is 3.64. The van der Waals surface area contributed by atoms with E-state index < -0.39 is 0 Å². The van der Waals surface area contributed by atoms with Crippen LogP contribution < -0.4 is 9.47 Å². The summed E-state index contributed by atoms with van der Waals surface area (Å²) in [4.78, 5) is 26.9. The van der Waals surface area contributed by atoms with Crippen LogP contribution >= 0.6 is 12.4 Å². The zero-order valence-electron chi connectivity index (χ0n) is 19.1. The molecular formula is C25H34ClNO4. The van der Waals surface area contributed by atoms with Crippen LogP contribution in [0.15, 0.2) is 30.3 Å². The standard InChI is InChI=1S/C25H33NO4.ClH/c1-16(2)24(27)29-22-13-20-10-9-19(15-26-11-7-6-8-18(26)5)12-21(20)14-23(22)30-25(28)17(3)4;/h9-10,12-14,16-18H,6-8,11,15H2,1-5H3;1H. The topological polar surface area (TPSA) is 55.8 Å². The number of carbonyl (C=O) groups excluding carboxylic acids is 2. The number of halogens is 1. The zero-order valence-corrected chi connectivity index (χ0v) is 20.0. The molecule has 5 nitrogen and oxygen atoms in total. The normalized spacial score (nSPS) is 16.9. The number of carbonyl (C=O) groups is 2. The third kappa shape index (κ3) is 6.44. The van der Waals surface area contributed by atoms with Gasteiger partial charge < -0.3 is 9.47 Å². The molecule has 0 bridgehead atoms. The number of hydrogen-bond donors (Lipinski definition) is 0. The van der Waals surface area contributed by atoms with Crippen LogP contribution in [0.2, 0.25) is 0 Å². The van der Waals surface area contributed by atoms with Crippen molar-refractivity contribution in [1.29, 1.82) is 0 Å². The maximum absolute atomic E-state index is 12.2. The molecule has 170 valence electrons. The maximum Gasteiger partial charge on any atom is 0.313 e. The molecule has 1 heterocycles. The summed E-state index contributed by atoms with van der Waals surface area (Å²) >= 11 is 0. The molecular weight excluding hydrogens is 414 g/mol. The second-order valence-electron chi connectivity index (χ2n) is 8.95. The summed E-state index contributed by atoms with van der Waals surface area (Å²) in [6.45, 7) is 11.4. The Balaban J connectivity index is 0.00000341. The van der Waals surface area contributed by atoms with Gasteiger partial charge >= 0.3 is 11.9 Å². The molecule has 1 unspecified atom stereocenters. The van der Waals surface area contributed by atoms with Gasteiger partial charge in [0, 0.05) is 12.6 Å². The third-order valence-corrected chi connectivity index (χ3v) is 5.66. The van der Waals surface area contributed by atoms with E-state index in [-0.39, 0.29) is 41.9 Å². The Bertz CT molecular complexity index is 925. The van der Waals surface area contributed by atoms with Gasteiger partial charge in [-0.25, -0.2) is 0 Å². The van der Waals surface area contributed by atoms with E-state index >= 15 is 0 Å². The van der Waals surface area contributed by atoms with Gasteiger partial charge in [0.1, 0.15) is 0 Å². The minimum Gasteiger partial charge on any atom is -0.422 e. The van der Waals surface area contributed by atoms with E-state index in [4.69, 9.17) is 9.47 Å². The van der Waals surface area contributed by atoms with Crippen molar-refractivity contribution in [2.45, 2.75) is 66.5 Å². The first-order chi connectivity index (χ1) is 14.2. The first kappa shape index (κ1) is 25.2. The molecule has 3 rings (SSSR count). The number of rotatable bonds is 6. The van der Waals surface area contributed by atoms with E-state index in [0.717, 1.165) is 23.9 Å². The largest absolute Gasteiger partial charge is 0.422 e. The van der Waals surface area contributed by atoms with Gasteiger partial charge in [0.15, 0.2) is 11.5 Å². The van der Waals surface area contributed by atoms with Crippen LogP contribution in [0.1, 0.15) is 59.4 Å². The van der Waals surface area contributed by atoms with E-state index in [0.29, 0.717) is 11.8 Å². The first-order valence-electron chi connectivity index (χ1n) is 11.0. The van der Waals surface area contributed by atoms with Crippen LogP contribution in [0.3, 0.4) is 0 Å². The summed E-state index contributed by atoms with van der Waals surface area (Å²) in [5, 5.41) is 1.91. The smallest absolute Gasteiger partial charge is 0.313 e. The number of hydrogen-bond acceptors (Lipinski definition) is 5. The fourth-order valence-corrected chi connectivity index (χ4v) is 3.64. The van der Waals surface area contributed by atoms with E-state index in [1.165, 1.54) is 24.8 Å². The van der Waals surface area contributed by atoms with Crippen LogP contribution in [0, 0.1) is 11.8 Å². The highest BCUT2D eigenvalue weighted by atomic mass is 35.5. The van der Waals surface area contributed by atoms with Crippen molar-refractivity contribution in [3.63, 3.8) is 0 Å². The third-order valence-electron chi connectivity index (χ3n) is 5.66. The number of benzene rings is 2. The molecule has 0 radical (unpaired) electrons. The SMILES string of the molecule is CC(C)C(=O)Oc1cc2ccc(CN3CCCCC3C)cc2cc1OC(=O)C(C)C.Cl. The van der Waals surface area contributed by atoms with Crippen molar-refractivity contribution in [2.75, 3.05) is 6.54 Å². The number of likely N-dealkylation sites (tertiary alicyclic amines) is 1. The second-order valence-corrected chi connectivity index (χ2v) is 8.95. The number of nitrogens with zero attached hydrogens (tertiary/aromatic N) is 1. The van der Waals surface area contributed by atoms with Gasteiger partial charge in [0.2, 0.25) is 0 Å². The van der Waals surface area contributed by atoms with E-state index in [2.05, 4.69) is 24.0 Å². The van der Waals surface area contributed by atoms with Crippen LogP contribution in [0.25, 0.3) is 10.8 Å². The quantitative estimate of drug-likeness (QED) is 0.416. The highest BCUT2D eigenvalue weighted by Crippen LogP contribution is 2.34. The molecule has 0 aliphatic carbocycles. The summed E-state index contributed by atoms with van der Waals surface area (Å²) in [6.07, 6.45) is 3.79. The molecule has 6 heteroatoms. The summed E-state index contributed by atoms with van der Waals surface area (Å²) < 4.78 is 11.1. The molecule has 1 fully saturated rings. The number of esters is 2. The lowest BCUT2D eigenvalue weighted by molar-refractivity contribution is -0.140. The predicted molar refractivity (Wildman–Crippen MR) is 126 cm³/mol. The molecule has 0 amide bonds. The minimum atomic E-state index is -0.355. The highest BCUT2D eigenvalue weighted by Gasteiger charge is 2.20. The molecule has 0 spiro atoms. The Kier molecular flexibility index (Phi) is 8.90. The zero-order chi connectivity index (χ0) is 21.8.